The maximum atomic E-state index is 5.55. The van der Waals surface area contributed by atoms with E-state index in [0.29, 0.717) is 0 Å². The maximum Gasteiger partial charge on any atom is 0.116 e. The number of nitrogens with zero attached hydrogens (tertiary/aromatic N) is 1. The molecule has 0 aliphatic rings. The minimum atomic E-state index is 0.879. The van der Waals surface area contributed by atoms with Crippen molar-refractivity contribution in [1.82, 2.24) is 5.43 Å². The monoisotopic (exact) mass is 289 g/mol. The summed E-state index contributed by atoms with van der Waals surface area (Å²) in [7, 11) is 0. The minimum Gasteiger partial charge on any atom is -0.312 e. The second-order valence-electron chi connectivity index (χ2n) is 5.62. The van der Waals surface area contributed by atoms with Crippen LogP contribution in [0.1, 0.15) is 71.1 Å². The van der Waals surface area contributed by atoms with Gasteiger partial charge in [-0.25, -0.2) is 10.8 Å². The summed E-state index contributed by atoms with van der Waals surface area (Å²) in [6.07, 6.45) is 13.0. The van der Waals surface area contributed by atoms with Crippen molar-refractivity contribution in [3.05, 3.63) is 30.3 Å². The van der Waals surface area contributed by atoms with Gasteiger partial charge in [-0.1, -0.05) is 76.5 Å². The van der Waals surface area contributed by atoms with Crippen molar-refractivity contribution in [2.75, 3.05) is 0 Å². The number of unbranched alkanes of at least 4 members (excludes halogenated alkanes) is 8. The van der Waals surface area contributed by atoms with E-state index in [4.69, 9.17) is 5.84 Å². The van der Waals surface area contributed by atoms with Crippen LogP contribution in [-0.4, -0.2) is 5.84 Å². The zero-order chi connectivity index (χ0) is 15.2. The molecule has 0 spiro atoms. The fourth-order valence-electron chi connectivity index (χ4n) is 2.42. The van der Waals surface area contributed by atoms with Crippen molar-refractivity contribution in [3.8, 4) is 0 Å². The largest absolute Gasteiger partial charge is 0.312 e. The molecule has 0 heterocycles. The fraction of sp³-hybridized carbons (Fsp3) is 0.611. The number of para-hydroxylation sites is 1. The Bertz CT molecular complexity index is 373. The average molecular weight is 289 g/mol. The summed E-state index contributed by atoms with van der Waals surface area (Å²) in [4.78, 5) is 4.53. The normalized spacial score (nSPS) is 11.6. The highest BCUT2D eigenvalue weighted by Crippen LogP contribution is 2.13. The van der Waals surface area contributed by atoms with Crippen LogP contribution in [0.25, 0.3) is 0 Å². The van der Waals surface area contributed by atoms with E-state index in [1.54, 1.807) is 0 Å². The second-order valence-corrected chi connectivity index (χ2v) is 5.62. The number of nitrogens with two attached hydrogens (primary N) is 1. The molecule has 0 radical (unpaired) electrons. The summed E-state index contributed by atoms with van der Waals surface area (Å²) < 4.78 is 0. The molecule has 0 aliphatic heterocycles. The van der Waals surface area contributed by atoms with Crippen molar-refractivity contribution in [2.45, 2.75) is 71.1 Å². The van der Waals surface area contributed by atoms with Gasteiger partial charge in [0.15, 0.2) is 0 Å². The van der Waals surface area contributed by atoms with Gasteiger partial charge in [-0.2, -0.15) is 0 Å². The summed E-state index contributed by atoms with van der Waals surface area (Å²) in [5.74, 6) is 6.43. The standard InChI is InChI=1S/C18H31N3/c1-2-3-4-5-6-7-8-9-13-16-18(21-19)20-17-14-11-10-12-15-17/h10-12,14-15H,2-9,13,16,19H2,1H3,(H,20,21). The SMILES string of the molecule is CCCCCCCCCCCC(=Nc1ccccc1)NN. The first-order valence-electron chi connectivity index (χ1n) is 8.46. The Morgan fingerprint density at radius 2 is 1.48 bits per heavy atom. The predicted octanol–water partition coefficient (Wildman–Crippen LogP) is 5.10. The third-order valence-corrected chi connectivity index (χ3v) is 3.70. The Hall–Kier alpha value is -1.35. The number of rotatable bonds is 11. The topological polar surface area (TPSA) is 50.4 Å². The number of aliphatic imine (C=N–C) groups is 1. The molecule has 0 aromatic heterocycles. The van der Waals surface area contributed by atoms with Crippen LogP contribution in [-0.2, 0) is 0 Å². The molecule has 1 rings (SSSR count). The van der Waals surface area contributed by atoms with Crippen LogP contribution in [0.2, 0.25) is 0 Å². The molecule has 3 nitrogen and oxygen atoms in total. The summed E-state index contributed by atoms with van der Waals surface area (Å²) in [6, 6.07) is 9.97. The lowest BCUT2D eigenvalue weighted by atomic mass is 10.1. The van der Waals surface area contributed by atoms with Crippen LogP contribution >= 0.6 is 0 Å². The van der Waals surface area contributed by atoms with Gasteiger partial charge in [-0.15, -0.1) is 0 Å². The second kappa shape index (κ2) is 12.4. The molecule has 0 aliphatic carbocycles. The van der Waals surface area contributed by atoms with E-state index in [0.717, 1.165) is 24.4 Å². The first kappa shape index (κ1) is 17.7. The summed E-state index contributed by atoms with van der Waals surface area (Å²) in [5, 5.41) is 0. The van der Waals surface area contributed by atoms with E-state index in [2.05, 4.69) is 17.3 Å². The lowest BCUT2D eigenvalue weighted by Crippen LogP contribution is -2.29. The Kier molecular flexibility index (Phi) is 10.4. The molecular formula is C18H31N3. The lowest BCUT2D eigenvalue weighted by Gasteiger charge is -2.06. The van der Waals surface area contributed by atoms with E-state index >= 15 is 0 Å². The van der Waals surface area contributed by atoms with Crippen LogP contribution in [0.4, 0.5) is 5.69 Å². The summed E-state index contributed by atoms with van der Waals surface area (Å²) in [5.41, 5.74) is 3.69. The zero-order valence-electron chi connectivity index (χ0n) is 13.5. The van der Waals surface area contributed by atoms with Gasteiger partial charge >= 0.3 is 0 Å². The van der Waals surface area contributed by atoms with Gasteiger partial charge in [-0.05, 0) is 18.6 Å². The van der Waals surface area contributed by atoms with E-state index < -0.39 is 0 Å². The molecular weight excluding hydrogens is 258 g/mol. The molecule has 1 aromatic carbocycles. The molecule has 0 amide bonds. The molecule has 0 saturated carbocycles. The highest BCUT2D eigenvalue weighted by molar-refractivity contribution is 5.84. The Labute approximate surface area is 130 Å². The number of nitrogens with one attached hydrogen (secondary N) is 1. The van der Waals surface area contributed by atoms with Gasteiger partial charge in [-0.3, -0.25) is 0 Å². The minimum absolute atomic E-state index is 0.879. The molecule has 0 unspecified atom stereocenters. The number of benzene rings is 1. The predicted molar refractivity (Wildman–Crippen MR) is 92.7 cm³/mol. The Balaban J connectivity index is 2.09. The molecule has 0 fully saturated rings. The fourth-order valence-corrected chi connectivity index (χ4v) is 2.42. The molecule has 3 heteroatoms. The number of amidine groups is 1. The Morgan fingerprint density at radius 3 is 2.05 bits per heavy atom. The van der Waals surface area contributed by atoms with E-state index in [1.165, 1.54) is 51.4 Å². The van der Waals surface area contributed by atoms with Crippen molar-refractivity contribution < 1.29 is 0 Å². The molecule has 3 N–H and O–H groups in total. The van der Waals surface area contributed by atoms with Gasteiger partial charge in [0.05, 0.1) is 5.69 Å². The van der Waals surface area contributed by atoms with Gasteiger partial charge in [0.25, 0.3) is 0 Å². The van der Waals surface area contributed by atoms with Crippen LogP contribution in [0.5, 0.6) is 0 Å². The first-order valence-corrected chi connectivity index (χ1v) is 8.46. The molecule has 1 aromatic rings. The highest BCUT2D eigenvalue weighted by Gasteiger charge is 1.98. The van der Waals surface area contributed by atoms with Crippen molar-refractivity contribution in [3.63, 3.8) is 0 Å². The van der Waals surface area contributed by atoms with Gasteiger partial charge < -0.3 is 5.43 Å². The summed E-state index contributed by atoms with van der Waals surface area (Å²) >= 11 is 0. The third-order valence-electron chi connectivity index (χ3n) is 3.70. The van der Waals surface area contributed by atoms with Crippen LogP contribution in [0.3, 0.4) is 0 Å². The molecule has 0 saturated heterocycles. The average Bonchev–Trinajstić information content (AvgIpc) is 2.53. The van der Waals surface area contributed by atoms with Crippen LogP contribution in [0.15, 0.2) is 35.3 Å². The van der Waals surface area contributed by atoms with Crippen LogP contribution < -0.4 is 11.3 Å². The van der Waals surface area contributed by atoms with E-state index in [-0.39, 0.29) is 0 Å². The number of hydrazine groups is 1. The molecule has 0 bridgehead atoms. The quantitative estimate of drug-likeness (QED) is 0.196. The molecule has 21 heavy (non-hydrogen) atoms. The zero-order valence-corrected chi connectivity index (χ0v) is 13.5. The molecule has 0 atom stereocenters. The number of hydrogen-bond acceptors (Lipinski definition) is 2. The first-order chi connectivity index (χ1) is 10.4. The van der Waals surface area contributed by atoms with Crippen molar-refractivity contribution in [2.24, 2.45) is 10.8 Å². The van der Waals surface area contributed by atoms with Gasteiger partial charge in [0.1, 0.15) is 5.84 Å². The van der Waals surface area contributed by atoms with E-state index in [9.17, 15) is 0 Å². The van der Waals surface area contributed by atoms with E-state index in [1.807, 2.05) is 30.3 Å². The smallest absolute Gasteiger partial charge is 0.116 e. The maximum absolute atomic E-state index is 5.55. The molecule has 118 valence electrons. The third kappa shape index (κ3) is 9.24. The van der Waals surface area contributed by atoms with Gasteiger partial charge in [0, 0.05) is 6.42 Å². The van der Waals surface area contributed by atoms with Crippen LogP contribution in [0, 0.1) is 0 Å². The van der Waals surface area contributed by atoms with Crippen molar-refractivity contribution in [1.29, 1.82) is 0 Å². The van der Waals surface area contributed by atoms with Gasteiger partial charge in [0.2, 0.25) is 0 Å². The Morgan fingerprint density at radius 1 is 0.905 bits per heavy atom. The highest BCUT2D eigenvalue weighted by atomic mass is 15.2. The van der Waals surface area contributed by atoms with Crippen molar-refractivity contribution >= 4 is 11.5 Å². The lowest BCUT2D eigenvalue weighted by molar-refractivity contribution is 0.567. The summed E-state index contributed by atoms with van der Waals surface area (Å²) in [6.45, 7) is 2.26. The number of hydrogen-bond donors (Lipinski definition) is 2.